The van der Waals surface area contributed by atoms with E-state index in [-0.39, 0.29) is 11.3 Å². The van der Waals surface area contributed by atoms with Crippen molar-refractivity contribution in [1.82, 2.24) is 9.80 Å². The Balaban J connectivity index is 1.62. The Bertz CT molecular complexity index is 241. The van der Waals surface area contributed by atoms with E-state index in [1.807, 2.05) is 4.90 Å². The molecule has 92 valence electrons. The lowest BCUT2D eigenvalue weighted by Gasteiger charge is -2.27. The number of hydrogen-bond acceptors (Lipinski definition) is 2. The van der Waals surface area contributed by atoms with Crippen LogP contribution >= 0.6 is 11.6 Å². The number of nitrogens with zero attached hydrogens (tertiary/aromatic N) is 2. The molecule has 16 heavy (non-hydrogen) atoms. The van der Waals surface area contributed by atoms with Crippen LogP contribution in [0.4, 0.5) is 0 Å². The zero-order chi connectivity index (χ0) is 11.4. The van der Waals surface area contributed by atoms with Crippen molar-refractivity contribution >= 4 is 17.5 Å². The molecule has 2 saturated heterocycles. The highest BCUT2D eigenvalue weighted by Crippen LogP contribution is 2.16. The number of carbonyl (C=O) groups excluding carboxylic acids is 1. The highest BCUT2D eigenvalue weighted by atomic mass is 35.5. The normalized spacial score (nSPS) is 27.7. The number of hydrogen-bond donors (Lipinski definition) is 0. The first kappa shape index (κ1) is 12.2. The second-order valence-corrected chi connectivity index (χ2v) is 5.51. The minimum absolute atomic E-state index is 0.0440. The number of carbonyl (C=O) groups is 1. The second kappa shape index (κ2) is 5.87. The molecule has 0 aliphatic carbocycles. The minimum atomic E-state index is 0.0440. The fraction of sp³-hybridized carbons (Fsp3) is 0.917. The van der Waals surface area contributed by atoms with Gasteiger partial charge in [0.25, 0.3) is 0 Å². The minimum Gasteiger partial charge on any atom is -0.341 e. The maximum Gasteiger partial charge on any atom is 0.224 e. The van der Waals surface area contributed by atoms with Gasteiger partial charge in [-0.15, -0.1) is 11.6 Å². The first-order valence-electron chi connectivity index (χ1n) is 6.40. The summed E-state index contributed by atoms with van der Waals surface area (Å²) in [4.78, 5) is 15.9. The molecule has 3 nitrogen and oxygen atoms in total. The van der Waals surface area contributed by atoms with Gasteiger partial charge in [-0.05, 0) is 38.9 Å². The summed E-state index contributed by atoms with van der Waals surface area (Å²) in [5.41, 5.74) is 0. The van der Waals surface area contributed by atoms with E-state index in [1.54, 1.807) is 0 Å². The molecule has 2 aliphatic rings. The lowest BCUT2D eigenvalue weighted by molar-refractivity contribution is -0.127. The van der Waals surface area contributed by atoms with E-state index in [0.717, 1.165) is 26.1 Å². The molecule has 2 rings (SSSR count). The van der Waals surface area contributed by atoms with Crippen molar-refractivity contribution in [2.75, 3.05) is 32.7 Å². The Morgan fingerprint density at radius 1 is 1.19 bits per heavy atom. The van der Waals surface area contributed by atoms with Crippen LogP contribution in [0, 0.1) is 0 Å². The summed E-state index contributed by atoms with van der Waals surface area (Å²) in [5.74, 6) is 0.235. The van der Waals surface area contributed by atoms with Gasteiger partial charge in [-0.1, -0.05) is 6.42 Å². The van der Waals surface area contributed by atoms with E-state index >= 15 is 0 Å². The van der Waals surface area contributed by atoms with Crippen LogP contribution in [0.5, 0.6) is 0 Å². The number of piperidine rings is 1. The molecular formula is C12H21ClN2O. The van der Waals surface area contributed by atoms with Crippen LogP contribution in [0.2, 0.25) is 0 Å². The summed E-state index contributed by atoms with van der Waals surface area (Å²) in [6.07, 6.45) is 5.69. The Morgan fingerprint density at radius 3 is 2.56 bits per heavy atom. The zero-order valence-electron chi connectivity index (χ0n) is 9.83. The van der Waals surface area contributed by atoms with E-state index in [1.165, 1.54) is 32.4 Å². The molecule has 2 heterocycles. The lowest BCUT2D eigenvalue weighted by Crippen LogP contribution is -2.34. The highest BCUT2D eigenvalue weighted by Gasteiger charge is 2.27. The van der Waals surface area contributed by atoms with Crippen molar-refractivity contribution in [2.45, 2.75) is 37.5 Å². The topological polar surface area (TPSA) is 23.6 Å². The summed E-state index contributed by atoms with van der Waals surface area (Å²) in [6, 6.07) is 0. The summed E-state index contributed by atoms with van der Waals surface area (Å²) in [5, 5.41) is 0.0440. The third kappa shape index (κ3) is 3.36. The van der Waals surface area contributed by atoms with Crippen LogP contribution in [0.3, 0.4) is 0 Å². The molecule has 1 unspecified atom stereocenters. The number of alkyl halides is 1. The molecule has 0 N–H and O–H groups in total. The van der Waals surface area contributed by atoms with Crippen LogP contribution < -0.4 is 0 Å². The van der Waals surface area contributed by atoms with E-state index in [0.29, 0.717) is 6.42 Å². The van der Waals surface area contributed by atoms with Crippen molar-refractivity contribution in [3.05, 3.63) is 0 Å². The predicted octanol–water partition coefficient (Wildman–Crippen LogP) is 1.70. The van der Waals surface area contributed by atoms with Gasteiger partial charge in [-0.25, -0.2) is 0 Å². The quantitative estimate of drug-likeness (QED) is 0.703. The van der Waals surface area contributed by atoms with Crippen molar-refractivity contribution in [1.29, 1.82) is 0 Å². The fourth-order valence-electron chi connectivity index (χ4n) is 2.61. The van der Waals surface area contributed by atoms with Gasteiger partial charge in [0.05, 0.1) is 5.38 Å². The van der Waals surface area contributed by atoms with Gasteiger partial charge in [-0.3, -0.25) is 4.79 Å². The maximum absolute atomic E-state index is 11.5. The Labute approximate surface area is 103 Å². The molecule has 0 spiro atoms. The van der Waals surface area contributed by atoms with Gasteiger partial charge >= 0.3 is 0 Å². The molecule has 0 aromatic rings. The average molecular weight is 245 g/mol. The standard InChI is InChI=1S/C12H21ClN2O/c13-11-9-12(16)15(10-11)8-4-7-14-5-2-1-3-6-14/h11H,1-10H2. The highest BCUT2D eigenvalue weighted by molar-refractivity contribution is 6.22. The molecule has 0 aromatic heterocycles. The van der Waals surface area contributed by atoms with Crippen LogP contribution in [-0.2, 0) is 4.79 Å². The molecular weight excluding hydrogens is 224 g/mol. The van der Waals surface area contributed by atoms with Crippen molar-refractivity contribution in [3.63, 3.8) is 0 Å². The molecule has 2 fully saturated rings. The van der Waals surface area contributed by atoms with Crippen molar-refractivity contribution in [3.8, 4) is 0 Å². The summed E-state index contributed by atoms with van der Waals surface area (Å²) < 4.78 is 0. The average Bonchev–Trinajstić information content (AvgIpc) is 2.59. The fourth-order valence-corrected chi connectivity index (χ4v) is 2.91. The Morgan fingerprint density at radius 2 is 1.94 bits per heavy atom. The van der Waals surface area contributed by atoms with Crippen LogP contribution in [0.1, 0.15) is 32.1 Å². The first-order chi connectivity index (χ1) is 7.75. The predicted molar refractivity (Wildman–Crippen MR) is 65.7 cm³/mol. The third-order valence-corrected chi connectivity index (χ3v) is 3.81. The van der Waals surface area contributed by atoms with Crippen molar-refractivity contribution in [2.24, 2.45) is 0 Å². The number of halogens is 1. The van der Waals surface area contributed by atoms with Gasteiger partial charge in [0.2, 0.25) is 5.91 Å². The molecule has 4 heteroatoms. The molecule has 1 amide bonds. The number of rotatable bonds is 4. The lowest BCUT2D eigenvalue weighted by atomic mass is 10.1. The third-order valence-electron chi connectivity index (χ3n) is 3.52. The molecule has 0 bridgehead atoms. The van der Waals surface area contributed by atoms with Gasteiger partial charge in [0.15, 0.2) is 0 Å². The Kier molecular flexibility index (Phi) is 4.47. The smallest absolute Gasteiger partial charge is 0.224 e. The van der Waals surface area contributed by atoms with E-state index < -0.39 is 0 Å². The Hall–Kier alpha value is -0.280. The largest absolute Gasteiger partial charge is 0.341 e. The summed E-state index contributed by atoms with van der Waals surface area (Å²) in [6.45, 7) is 5.26. The van der Waals surface area contributed by atoms with Gasteiger partial charge < -0.3 is 9.80 Å². The van der Waals surface area contributed by atoms with Crippen LogP contribution in [0.15, 0.2) is 0 Å². The van der Waals surface area contributed by atoms with Crippen LogP contribution in [-0.4, -0.2) is 53.8 Å². The second-order valence-electron chi connectivity index (χ2n) is 4.90. The van der Waals surface area contributed by atoms with E-state index in [2.05, 4.69) is 4.90 Å². The van der Waals surface area contributed by atoms with Gasteiger partial charge in [0, 0.05) is 19.5 Å². The molecule has 0 aromatic carbocycles. The summed E-state index contributed by atoms with van der Waals surface area (Å²) in [7, 11) is 0. The molecule has 0 radical (unpaired) electrons. The SMILES string of the molecule is O=C1CC(Cl)CN1CCCN1CCCCC1. The van der Waals surface area contributed by atoms with Crippen LogP contribution in [0.25, 0.3) is 0 Å². The number of likely N-dealkylation sites (tertiary alicyclic amines) is 2. The monoisotopic (exact) mass is 244 g/mol. The van der Waals surface area contributed by atoms with Crippen molar-refractivity contribution < 1.29 is 4.79 Å². The molecule has 2 aliphatic heterocycles. The maximum atomic E-state index is 11.5. The molecule has 1 atom stereocenters. The number of amides is 1. The van der Waals surface area contributed by atoms with Gasteiger partial charge in [-0.2, -0.15) is 0 Å². The first-order valence-corrected chi connectivity index (χ1v) is 6.83. The van der Waals surface area contributed by atoms with Gasteiger partial charge in [0.1, 0.15) is 0 Å². The van der Waals surface area contributed by atoms with E-state index in [4.69, 9.17) is 11.6 Å². The molecule has 0 saturated carbocycles. The zero-order valence-corrected chi connectivity index (χ0v) is 10.6. The van der Waals surface area contributed by atoms with E-state index in [9.17, 15) is 4.79 Å². The summed E-state index contributed by atoms with van der Waals surface area (Å²) >= 11 is 5.96.